The highest BCUT2D eigenvalue weighted by molar-refractivity contribution is 5.68. The van der Waals surface area contributed by atoms with Crippen molar-refractivity contribution in [2.75, 3.05) is 4.90 Å². The second kappa shape index (κ2) is 7.30. The third kappa shape index (κ3) is 3.44. The van der Waals surface area contributed by atoms with Crippen molar-refractivity contribution in [1.29, 1.82) is 0 Å². The summed E-state index contributed by atoms with van der Waals surface area (Å²) in [7, 11) is 0. The van der Waals surface area contributed by atoms with Crippen molar-refractivity contribution in [3.8, 4) is 0 Å². The molecule has 2 atom stereocenters. The molecule has 29 heavy (non-hydrogen) atoms. The van der Waals surface area contributed by atoms with Crippen LogP contribution in [-0.4, -0.2) is 32.3 Å². The van der Waals surface area contributed by atoms with Crippen molar-refractivity contribution in [3.05, 3.63) is 58.7 Å². The van der Waals surface area contributed by atoms with Gasteiger partial charge >= 0.3 is 0 Å². The molecular formula is C21H27N7O. The Morgan fingerprint density at radius 1 is 1.07 bits per heavy atom. The number of aromatic nitrogens is 2. The summed E-state index contributed by atoms with van der Waals surface area (Å²) in [6.07, 6.45) is 5.54. The molecule has 8 nitrogen and oxygen atoms in total. The first-order valence-electron chi connectivity index (χ1n) is 10.0. The Bertz CT molecular complexity index is 908. The number of benzene rings is 1. The number of hydroxylamine groups is 2. The Hall–Kier alpha value is -2.67. The second-order valence-electron chi connectivity index (χ2n) is 8.89. The molecule has 4 rings (SSSR count). The molecule has 8 heteroatoms. The molecule has 0 amide bonds. The minimum absolute atomic E-state index is 0.131. The number of rotatable bonds is 4. The van der Waals surface area contributed by atoms with Gasteiger partial charge in [-0.25, -0.2) is 9.97 Å². The van der Waals surface area contributed by atoms with Gasteiger partial charge in [0.25, 0.3) is 0 Å². The van der Waals surface area contributed by atoms with E-state index in [1.54, 1.807) is 18.5 Å². The number of fused-ring (bicyclic) bond motifs is 1. The summed E-state index contributed by atoms with van der Waals surface area (Å²) in [4.78, 5) is 20.5. The predicted molar refractivity (Wildman–Crippen MR) is 111 cm³/mol. The SMILES string of the molecule is CC1(C)CCCC(C)(C)N1OC1c2ccccc2N(c2ncccn2)C1N=[N+]=[N-]. The molecule has 3 heterocycles. The average molecular weight is 393 g/mol. The van der Waals surface area contributed by atoms with Crippen LogP contribution in [0.4, 0.5) is 11.6 Å². The van der Waals surface area contributed by atoms with Gasteiger partial charge < -0.3 is 0 Å². The first-order chi connectivity index (χ1) is 13.8. The van der Waals surface area contributed by atoms with Crippen LogP contribution in [0, 0.1) is 0 Å². The Labute approximate surface area is 171 Å². The van der Waals surface area contributed by atoms with E-state index in [0.29, 0.717) is 5.95 Å². The van der Waals surface area contributed by atoms with Gasteiger partial charge in [0.15, 0.2) is 0 Å². The summed E-state index contributed by atoms with van der Waals surface area (Å²) < 4.78 is 0. The van der Waals surface area contributed by atoms with E-state index in [1.165, 1.54) is 0 Å². The van der Waals surface area contributed by atoms with Gasteiger partial charge in [0.1, 0.15) is 12.3 Å². The first-order valence-corrected chi connectivity index (χ1v) is 10.0. The van der Waals surface area contributed by atoms with E-state index in [2.05, 4.69) is 52.8 Å². The molecule has 1 aromatic heterocycles. The maximum atomic E-state index is 9.32. The minimum atomic E-state index is -0.617. The zero-order chi connectivity index (χ0) is 20.6. The molecule has 0 radical (unpaired) electrons. The highest BCUT2D eigenvalue weighted by atomic mass is 16.7. The molecule has 1 fully saturated rings. The van der Waals surface area contributed by atoms with Crippen LogP contribution in [0.25, 0.3) is 10.4 Å². The zero-order valence-electron chi connectivity index (χ0n) is 17.4. The van der Waals surface area contributed by atoms with Crippen LogP contribution in [0.1, 0.15) is 58.6 Å². The fourth-order valence-corrected chi connectivity index (χ4v) is 4.68. The minimum Gasteiger partial charge on any atom is -0.298 e. The monoisotopic (exact) mass is 393 g/mol. The fraction of sp³-hybridized carbons (Fsp3) is 0.524. The topological polar surface area (TPSA) is 90.2 Å². The largest absolute Gasteiger partial charge is 0.298 e. The van der Waals surface area contributed by atoms with Crippen molar-refractivity contribution in [3.63, 3.8) is 0 Å². The number of nitrogens with zero attached hydrogens (tertiary/aromatic N) is 7. The molecule has 0 aliphatic carbocycles. The lowest BCUT2D eigenvalue weighted by molar-refractivity contribution is -0.308. The summed E-state index contributed by atoms with van der Waals surface area (Å²) in [6.45, 7) is 8.82. The van der Waals surface area contributed by atoms with Crippen LogP contribution in [0.3, 0.4) is 0 Å². The van der Waals surface area contributed by atoms with Crippen LogP contribution in [0.5, 0.6) is 0 Å². The maximum Gasteiger partial charge on any atom is 0.230 e. The Balaban J connectivity index is 1.79. The molecule has 1 aromatic carbocycles. The number of anilines is 2. The van der Waals surface area contributed by atoms with Crippen LogP contribution < -0.4 is 4.90 Å². The van der Waals surface area contributed by atoms with Gasteiger partial charge in [-0.3, -0.25) is 9.74 Å². The summed E-state index contributed by atoms with van der Waals surface area (Å²) in [6, 6.07) is 9.71. The maximum absolute atomic E-state index is 9.32. The van der Waals surface area contributed by atoms with Gasteiger partial charge in [0, 0.05) is 33.9 Å². The molecular weight excluding hydrogens is 366 g/mol. The normalized spacial score (nSPS) is 25.3. The van der Waals surface area contributed by atoms with Crippen LogP contribution in [0.2, 0.25) is 0 Å². The number of azide groups is 1. The summed E-state index contributed by atoms with van der Waals surface area (Å²) in [5.74, 6) is 0.487. The van der Waals surface area contributed by atoms with Crippen molar-refractivity contribution >= 4 is 11.6 Å². The van der Waals surface area contributed by atoms with Gasteiger partial charge in [0.2, 0.25) is 5.95 Å². The first kappa shape index (κ1) is 19.6. The van der Waals surface area contributed by atoms with E-state index in [9.17, 15) is 5.53 Å². The van der Waals surface area contributed by atoms with Crippen LogP contribution >= 0.6 is 0 Å². The van der Waals surface area contributed by atoms with Crippen LogP contribution in [-0.2, 0) is 4.84 Å². The molecule has 0 bridgehead atoms. The van der Waals surface area contributed by atoms with E-state index in [0.717, 1.165) is 30.5 Å². The number of hydrogen-bond donors (Lipinski definition) is 0. The second-order valence-corrected chi connectivity index (χ2v) is 8.89. The molecule has 152 valence electrons. The predicted octanol–water partition coefficient (Wildman–Crippen LogP) is 5.28. The lowest BCUT2D eigenvalue weighted by Crippen LogP contribution is -2.59. The van der Waals surface area contributed by atoms with E-state index in [1.807, 2.05) is 29.2 Å². The highest BCUT2D eigenvalue weighted by Gasteiger charge is 2.48. The number of para-hydroxylation sites is 1. The summed E-state index contributed by atoms with van der Waals surface area (Å²) in [5, 5.41) is 6.22. The Kier molecular flexibility index (Phi) is 4.94. The highest BCUT2D eigenvalue weighted by Crippen LogP contribution is 2.48. The van der Waals surface area contributed by atoms with Gasteiger partial charge in [-0.05, 0) is 64.6 Å². The number of hydrogen-bond acceptors (Lipinski definition) is 6. The van der Waals surface area contributed by atoms with Gasteiger partial charge in [0.05, 0.1) is 5.69 Å². The molecule has 2 unspecified atom stereocenters. The van der Waals surface area contributed by atoms with E-state index >= 15 is 0 Å². The van der Waals surface area contributed by atoms with E-state index in [4.69, 9.17) is 4.84 Å². The van der Waals surface area contributed by atoms with Gasteiger partial charge in [-0.2, -0.15) is 5.06 Å². The van der Waals surface area contributed by atoms with Gasteiger partial charge in [-0.1, -0.05) is 23.3 Å². The lowest BCUT2D eigenvalue weighted by Gasteiger charge is -2.52. The Morgan fingerprint density at radius 2 is 1.72 bits per heavy atom. The summed E-state index contributed by atoms with van der Waals surface area (Å²) >= 11 is 0. The van der Waals surface area contributed by atoms with Gasteiger partial charge in [-0.15, -0.1) is 0 Å². The molecule has 0 N–H and O–H groups in total. The molecule has 0 spiro atoms. The van der Waals surface area contributed by atoms with Crippen molar-refractivity contribution < 1.29 is 4.84 Å². The zero-order valence-corrected chi connectivity index (χ0v) is 17.4. The van der Waals surface area contributed by atoms with Crippen molar-refractivity contribution in [2.24, 2.45) is 5.11 Å². The summed E-state index contributed by atoms with van der Waals surface area (Å²) in [5.41, 5.74) is 10.9. The third-order valence-corrected chi connectivity index (χ3v) is 5.87. The molecule has 0 saturated carbocycles. The smallest absolute Gasteiger partial charge is 0.230 e. The standard InChI is InChI=1S/C21H27N7O/c1-20(2)11-7-12-21(3,4)28(20)29-17-15-9-5-6-10-16(15)27(18(17)25-26-22)19-23-13-8-14-24-19/h5-6,8-10,13-14,17-18H,7,11-12H2,1-4H3. The van der Waals surface area contributed by atoms with Crippen molar-refractivity contribution in [1.82, 2.24) is 15.0 Å². The fourth-order valence-electron chi connectivity index (χ4n) is 4.68. The van der Waals surface area contributed by atoms with Crippen LogP contribution in [0.15, 0.2) is 47.8 Å². The average Bonchev–Trinajstić information content (AvgIpc) is 2.99. The van der Waals surface area contributed by atoms with E-state index in [-0.39, 0.29) is 11.1 Å². The molecule has 2 aromatic rings. The Morgan fingerprint density at radius 3 is 2.38 bits per heavy atom. The molecule has 2 aliphatic rings. The number of piperidine rings is 1. The lowest BCUT2D eigenvalue weighted by atomic mass is 9.82. The molecule has 2 aliphatic heterocycles. The quantitative estimate of drug-likeness (QED) is 0.400. The molecule has 1 saturated heterocycles. The van der Waals surface area contributed by atoms with Crippen molar-refractivity contribution in [2.45, 2.75) is 70.3 Å². The van der Waals surface area contributed by atoms with E-state index < -0.39 is 12.3 Å². The third-order valence-electron chi connectivity index (χ3n) is 5.87.